The van der Waals surface area contributed by atoms with Crippen LogP contribution in [-0.2, 0) is 11.3 Å². The predicted octanol–water partition coefficient (Wildman–Crippen LogP) is 3.68. The lowest BCUT2D eigenvalue weighted by atomic mass is 9.79. The maximum Gasteiger partial charge on any atom is 0.251 e. The molecular weight excluding hydrogens is 416 g/mol. The van der Waals surface area contributed by atoms with Crippen molar-refractivity contribution >= 4 is 11.6 Å². The number of aromatic nitrogens is 2. The van der Waals surface area contributed by atoms with Gasteiger partial charge in [0.2, 0.25) is 0 Å². The summed E-state index contributed by atoms with van der Waals surface area (Å²) < 4.78 is 13.4. The molecule has 3 aromatic rings. The highest BCUT2D eigenvalue weighted by molar-refractivity contribution is 5.94. The minimum Gasteiger partial charge on any atom is -0.487 e. The zero-order valence-corrected chi connectivity index (χ0v) is 19.0. The number of fused-ring (bicyclic) bond motifs is 1. The van der Waals surface area contributed by atoms with Crippen molar-refractivity contribution in [2.45, 2.75) is 44.2 Å². The molecule has 2 fully saturated rings. The highest BCUT2D eigenvalue weighted by atomic mass is 16.5. The van der Waals surface area contributed by atoms with Crippen LogP contribution in [0.4, 0.5) is 0 Å². The summed E-state index contributed by atoms with van der Waals surface area (Å²) in [4.78, 5) is 20.0. The molecule has 2 aromatic heterocycles. The van der Waals surface area contributed by atoms with E-state index in [9.17, 15) is 4.79 Å². The molecule has 5 rings (SSSR count). The van der Waals surface area contributed by atoms with E-state index in [-0.39, 0.29) is 11.4 Å². The number of ether oxygens (including phenoxy) is 2. The summed E-state index contributed by atoms with van der Waals surface area (Å²) in [6.45, 7) is 4.55. The van der Waals surface area contributed by atoms with E-state index >= 15 is 0 Å². The second-order valence-electron chi connectivity index (χ2n) is 9.08. The number of amides is 1. The first kappa shape index (κ1) is 21.9. The van der Waals surface area contributed by atoms with E-state index < -0.39 is 0 Å². The minimum absolute atomic E-state index is 0.0277. The van der Waals surface area contributed by atoms with Gasteiger partial charge >= 0.3 is 0 Å². The van der Waals surface area contributed by atoms with Crippen LogP contribution in [0, 0.1) is 0 Å². The number of pyridine rings is 1. The Morgan fingerprint density at radius 2 is 1.85 bits per heavy atom. The molecule has 1 aromatic carbocycles. The van der Waals surface area contributed by atoms with Gasteiger partial charge in [0.15, 0.2) is 0 Å². The molecule has 0 bridgehead atoms. The number of rotatable bonds is 7. The first-order valence-corrected chi connectivity index (χ1v) is 12.0. The second kappa shape index (κ2) is 9.93. The average molecular weight is 449 g/mol. The zero-order valence-electron chi connectivity index (χ0n) is 19.0. The number of nitrogens with one attached hydrogen (secondary N) is 1. The molecule has 0 unspecified atom stereocenters. The van der Waals surface area contributed by atoms with Gasteiger partial charge < -0.3 is 19.2 Å². The number of benzene rings is 1. The zero-order chi connectivity index (χ0) is 22.5. The number of hydrogen-bond acceptors (Lipinski definition) is 5. The number of nitrogens with zero attached hydrogens (tertiary/aromatic N) is 3. The summed E-state index contributed by atoms with van der Waals surface area (Å²) >= 11 is 0. The molecule has 2 aliphatic rings. The molecule has 1 amide bonds. The van der Waals surface area contributed by atoms with E-state index in [0.717, 1.165) is 56.2 Å². The first-order chi connectivity index (χ1) is 16.2. The van der Waals surface area contributed by atoms with Gasteiger partial charge in [0, 0.05) is 43.1 Å². The van der Waals surface area contributed by atoms with E-state index in [1.165, 1.54) is 19.3 Å². The van der Waals surface area contributed by atoms with Crippen molar-refractivity contribution in [3.05, 3.63) is 66.1 Å². The lowest BCUT2D eigenvalue weighted by molar-refractivity contribution is -0.0361. The number of imidazole rings is 1. The topological polar surface area (TPSA) is 68.1 Å². The predicted molar refractivity (Wildman–Crippen MR) is 127 cm³/mol. The Bertz CT molecular complexity index is 1030. The van der Waals surface area contributed by atoms with E-state index in [1.54, 1.807) is 0 Å². The molecule has 1 saturated heterocycles. The lowest BCUT2D eigenvalue weighted by Crippen LogP contribution is -2.59. The second-order valence-corrected chi connectivity index (χ2v) is 9.08. The van der Waals surface area contributed by atoms with Gasteiger partial charge in [-0.1, -0.05) is 25.3 Å². The van der Waals surface area contributed by atoms with Crippen LogP contribution in [0.5, 0.6) is 5.75 Å². The molecule has 0 atom stereocenters. The number of hydrogen-bond donors (Lipinski definition) is 1. The third kappa shape index (κ3) is 5.04. The van der Waals surface area contributed by atoms with E-state index in [2.05, 4.69) is 15.2 Å². The van der Waals surface area contributed by atoms with Gasteiger partial charge in [0.1, 0.15) is 18.0 Å². The van der Waals surface area contributed by atoms with E-state index in [4.69, 9.17) is 9.47 Å². The van der Waals surface area contributed by atoms with Gasteiger partial charge in [0.05, 0.1) is 18.9 Å². The molecule has 0 radical (unpaired) electrons. The standard InChI is InChI=1S/C26H32N4O3/c31-25(27-20-26(11-3-1-4-12-26)30-14-16-32-17-15-30)21-7-9-23(10-8-21)33-19-22-18-29-13-5-2-6-24(29)28-22/h2,5-10,13,18H,1,3-4,11-12,14-17,19-20H2,(H,27,31). The molecule has 7 nitrogen and oxygen atoms in total. The minimum atomic E-state index is -0.0277. The SMILES string of the molecule is O=C(NCC1(N2CCOCC2)CCCCC1)c1ccc(OCc2cn3ccccc3n2)cc1. The average Bonchev–Trinajstić information content (AvgIpc) is 3.31. The fourth-order valence-electron chi connectivity index (χ4n) is 5.12. The maximum absolute atomic E-state index is 12.9. The van der Waals surface area contributed by atoms with Crippen LogP contribution < -0.4 is 10.1 Å². The normalized spacial score (nSPS) is 18.8. The monoisotopic (exact) mass is 448 g/mol. The molecule has 1 saturated carbocycles. The van der Waals surface area contributed by atoms with Crippen LogP contribution >= 0.6 is 0 Å². The van der Waals surface area contributed by atoms with Crippen molar-refractivity contribution in [3.63, 3.8) is 0 Å². The number of morpholine rings is 1. The van der Waals surface area contributed by atoms with Crippen LogP contribution in [0.15, 0.2) is 54.9 Å². The Kier molecular flexibility index (Phi) is 6.60. The van der Waals surface area contributed by atoms with Crippen molar-refractivity contribution < 1.29 is 14.3 Å². The molecule has 33 heavy (non-hydrogen) atoms. The third-order valence-electron chi connectivity index (χ3n) is 6.96. The van der Waals surface area contributed by atoms with Crippen molar-refractivity contribution in [1.29, 1.82) is 0 Å². The Labute approximate surface area is 194 Å². The van der Waals surface area contributed by atoms with Crippen LogP contribution in [0.25, 0.3) is 5.65 Å². The van der Waals surface area contributed by atoms with Crippen molar-refractivity contribution in [3.8, 4) is 5.75 Å². The van der Waals surface area contributed by atoms with Gasteiger partial charge in [-0.15, -0.1) is 0 Å². The molecule has 1 N–H and O–H groups in total. The number of carbonyl (C=O) groups is 1. The first-order valence-electron chi connectivity index (χ1n) is 12.0. The van der Waals surface area contributed by atoms with Crippen LogP contribution in [0.2, 0.25) is 0 Å². The van der Waals surface area contributed by atoms with Crippen molar-refractivity contribution in [2.75, 3.05) is 32.8 Å². The largest absolute Gasteiger partial charge is 0.487 e. The molecular formula is C26H32N4O3. The van der Waals surface area contributed by atoms with Gasteiger partial charge in [-0.25, -0.2) is 4.98 Å². The third-order valence-corrected chi connectivity index (χ3v) is 6.96. The Morgan fingerprint density at radius 3 is 2.61 bits per heavy atom. The Hall–Kier alpha value is -2.90. The quantitative estimate of drug-likeness (QED) is 0.597. The van der Waals surface area contributed by atoms with E-state index in [0.29, 0.717) is 18.7 Å². The van der Waals surface area contributed by atoms with Crippen molar-refractivity contribution in [1.82, 2.24) is 19.6 Å². The molecule has 174 valence electrons. The molecule has 3 heterocycles. The fourth-order valence-corrected chi connectivity index (χ4v) is 5.12. The van der Waals surface area contributed by atoms with Gasteiger partial charge in [-0.3, -0.25) is 9.69 Å². The highest BCUT2D eigenvalue weighted by Gasteiger charge is 2.38. The van der Waals surface area contributed by atoms with Gasteiger partial charge in [-0.05, 0) is 49.2 Å². The highest BCUT2D eigenvalue weighted by Crippen LogP contribution is 2.34. The smallest absolute Gasteiger partial charge is 0.251 e. The summed E-state index contributed by atoms with van der Waals surface area (Å²) in [5.41, 5.74) is 2.48. The molecule has 7 heteroatoms. The summed E-state index contributed by atoms with van der Waals surface area (Å²) in [6, 6.07) is 13.3. The van der Waals surface area contributed by atoms with Gasteiger partial charge in [0.25, 0.3) is 5.91 Å². The summed E-state index contributed by atoms with van der Waals surface area (Å²) in [6.07, 6.45) is 9.96. The van der Waals surface area contributed by atoms with E-state index in [1.807, 2.05) is 59.3 Å². The van der Waals surface area contributed by atoms with Crippen LogP contribution in [-0.4, -0.2) is 58.6 Å². The lowest BCUT2D eigenvalue weighted by Gasteiger charge is -2.48. The molecule has 1 aliphatic carbocycles. The van der Waals surface area contributed by atoms with Crippen molar-refractivity contribution in [2.24, 2.45) is 0 Å². The van der Waals surface area contributed by atoms with Gasteiger partial charge in [-0.2, -0.15) is 0 Å². The van der Waals surface area contributed by atoms with Crippen LogP contribution in [0.1, 0.15) is 48.2 Å². The summed E-state index contributed by atoms with van der Waals surface area (Å²) in [5, 5.41) is 3.22. The number of carbonyl (C=O) groups excluding carboxylic acids is 1. The summed E-state index contributed by atoms with van der Waals surface area (Å²) in [5.74, 6) is 0.695. The van der Waals surface area contributed by atoms with Crippen LogP contribution in [0.3, 0.4) is 0 Å². The Balaban J connectivity index is 1.17. The molecule has 0 spiro atoms. The fraction of sp³-hybridized carbons (Fsp3) is 0.462. The Morgan fingerprint density at radius 1 is 1.06 bits per heavy atom. The molecule has 1 aliphatic heterocycles. The maximum atomic E-state index is 12.9. The summed E-state index contributed by atoms with van der Waals surface area (Å²) in [7, 11) is 0.